The summed E-state index contributed by atoms with van der Waals surface area (Å²) in [6, 6.07) is 12.8. The molecule has 2 aromatic rings. The molecule has 5 nitrogen and oxygen atoms in total. The van der Waals surface area contributed by atoms with Gasteiger partial charge in [0.15, 0.2) is 0 Å². The molecule has 0 saturated carbocycles. The first-order valence-corrected chi connectivity index (χ1v) is 6.91. The monoisotopic (exact) mass is 284 g/mol. The summed E-state index contributed by atoms with van der Waals surface area (Å²) in [5.41, 5.74) is 0.767. The quantitative estimate of drug-likeness (QED) is 0.900. The highest BCUT2D eigenvalue weighted by Gasteiger charge is 2.31. The molecule has 1 amide bonds. The van der Waals surface area contributed by atoms with Gasteiger partial charge in [-0.1, -0.05) is 30.3 Å². The number of hydrogen-bond acceptors (Lipinski definition) is 3. The fraction of sp³-hybridized carbons (Fsp3) is 0.250. The number of benzene rings is 1. The molecule has 2 atom stereocenters. The average Bonchev–Trinajstić information content (AvgIpc) is 2.96. The summed E-state index contributed by atoms with van der Waals surface area (Å²) in [6.45, 7) is 0.593. The maximum atomic E-state index is 12.2. The second-order valence-electron chi connectivity index (χ2n) is 4.98. The number of carbonyl (C=O) groups is 1. The van der Waals surface area contributed by atoms with Crippen LogP contribution in [0.1, 0.15) is 28.4 Å². The third-order valence-electron chi connectivity index (χ3n) is 3.60. The standard InChI is InChI=1S/C16H16N2O3/c19-15-12(7-4-9-17-15)16(20)18-13-8-10-21-14(13)11-5-2-1-3-6-11/h1-7,9,13-14H,8,10H2,(H,17,19)(H,18,20)/t13-,14+/m1/s1. The zero-order valence-corrected chi connectivity index (χ0v) is 11.4. The molecule has 1 aromatic carbocycles. The lowest BCUT2D eigenvalue weighted by Gasteiger charge is -2.20. The van der Waals surface area contributed by atoms with Crippen molar-refractivity contribution in [3.05, 3.63) is 70.1 Å². The van der Waals surface area contributed by atoms with Gasteiger partial charge in [-0.25, -0.2) is 0 Å². The van der Waals surface area contributed by atoms with Crippen LogP contribution in [0.4, 0.5) is 0 Å². The third-order valence-corrected chi connectivity index (χ3v) is 3.60. The summed E-state index contributed by atoms with van der Waals surface area (Å²) in [6.07, 6.45) is 2.07. The summed E-state index contributed by atoms with van der Waals surface area (Å²) < 4.78 is 5.72. The van der Waals surface area contributed by atoms with Gasteiger partial charge >= 0.3 is 0 Å². The lowest BCUT2D eigenvalue weighted by atomic mass is 10.0. The molecular formula is C16H16N2O3. The highest BCUT2D eigenvalue weighted by atomic mass is 16.5. The van der Waals surface area contributed by atoms with E-state index in [0.29, 0.717) is 6.61 Å². The van der Waals surface area contributed by atoms with Crippen molar-refractivity contribution in [2.75, 3.05) is 6.61 Å². The molecule has 5 heteroatoms. The lowest BCUT2D eigenvalue weighted by Crippen LogP contribution is -2.39. The molecule has 3 rings (SSSR count). The van der Waals surface area contributed by atoms with Crippen molar-refractivity contribution in [3.63, 3.8) is 0 Å². The predicted molar refractivity (Wildman–Crippen MR) is 78.1 cm³/mol. The van der Waals surface area contributed by atoms with E-state index in [4.69, 9.17) is 4.74 Å². The van der Waals surface area contributed by atoms with Gasteiger partial charge in [0, 0.05) is 12.8 Å². The van der Waals surface area contributed by atoms with Gasteiger partial charge in [-0.2, -0.15) is 0 Å². The largest absolute Gasteiger partial charge is 0.371 e. The summed E-state index contributed by atoms with van der Waals surface area (Å²) in [7, 11) is 0. The molecule has 0 unspecified atom stereocenters. The first kappa shape index (κ1) is 13.6. The Hall–Kier alpha value is -2.40. The van der Waals surface area contributed by atoms with Crippen molar-refractivity contribution >= 4 is 5.91 Å². The van der Waals surface area contributed by atoms with Gasteiger partial charge in [0.05, 0.1) is 6.04 Å². The number of ether oxygens (including phenoxy) is 1. The number of nitrogens with one attached hydrogen (secondary N) is 2. The molecule has 2 N–H and O–H groups in total. The van der Waals surface area contributed by atoms with E-state index in [1.165, 1.54) is 12.3 Å². The summed E-state index contributed by atoms with van der Waals surface area (Å²) >= 11 is 0. The number of carbonyl (C=O) groups excluding carboxylic acids is 1. The number of H-pyrrole nitrogens is 1. The van der Waals surface area contributed by atoms with E-state index in [2.05, 4.69) is 10.3 Å². The van der Waals surface area contributed by atoms with Crippen LogP contribution in [0.25, 0.3) is 0 Å². The maximum Gasteiger partial charge on any atom is 0.260 e. The Kier molecular flexibility index (Phi) is 3.83. The molecule has 0 radical (unpaired) electrons. The minimum Gasteiger partial charge on any atom is -0.371 e. The van der Waals surface area contributed by atoms with E-state index in [1.807, 2.05) is 30.3 Å². The SMILES string of the molecule is O=C(N[C@@H]1CCO[C@H]1c1ccccc1)c1ccc[nH]c1=O. The zero-order valence-electron chi connectivity index (χ0n) is 11.4. The predicted octanol–water partition coefficient (Wildman–Crippen LogP) is 1.63. The Morgan fingerprint density at radius 3 is 2.76 bits per heavy atom. The Bertz CT molecular complexity index is 681. The number of pyridine rings is 1. The van der Waals surface area contributed by atoms with Crippen molar-refractivity contribution in [2.24, 2.45) is 0 Å². The molecule has 0 bridgehead atoms. The van der Waals surface area contributed by atoms with E-state index in [0.717, 1.165) is 12.0 Å². The van der Waals surface area contributed by atoms with Crippen LogP contribution in [0.2, 0.25) is 0 Å². The Morgan fingerprint density at radius 1 is 1.19 bits per heavy atom. The lowest BCUT2D eigenvalue weighted by molar-refractivity contribution is 0.0820. The van der Waals surface area contributed by atoms with Crippen LogP contribution in [0.5, 0.6) is 0 Å². The molecule has 1 aliphatic rings. The van der Waals surface area contributed by atoms with Crippen LogP contribution in [0.3, 0.4) is 0 Å². The van der Waals surface area contributed by atoms with E-state index in [1.54, 1.807) is 6.07 Å². The molecule has 0 aliphatic carbocycles. The van der Waals surface area contributed by atoms with E-state index < -0.39 is 0 Å². The number of amides is 1. The first-order valence-electron chi connectivity index (χ1n) is 6.91. The van der Waals surface area contributed by atoms with Crippen LogP contribution in [0.15, 0.2) is 53.5 Å². The van der Waals surface area contributed by atoms with Crippen molar-refractivity contribution in [1.82, 2.24) is 10.3 Å². The summed E-state index contributed by atoms with van der Waals surface area (Å²) in [5, 5.41) is 2.90. The smallest absolute Gasteiger partial charge is 0.260 e. The number of aromatic amines is 1. The molecule has 1 aliphatic heterocycles. The van der Waals surface area contributed by atoms with Gasteiger partial charge < -0.3 is 15.0 Å². The van der Waals surface area contributed by atoms with Crippen LogP contribution in [-0.2, 0) is 4.74 Å². The van der Waals surface area contributed by atoms with Gasteiger partial charge in [-0.15, -0.1) is 0 Å². The van der Waals surface area contributed by atoms with Crippen molar-refractivity contribution in [3.8, 4) is 0 Å². The van der Waals surface area contributed by atoms with Crippen molar-refractivity contribution in [2.45, 2.75) is 18.6 Å². The number of aromatic nitrogens is 1. The number of hydrogen-bond donors (Lipinski definition) is 2. The summed E-state index contributed by atoms with van der Waals surface area (Å²) in [4.78, 5) is 26.4. The van der Waals surface area contributed by atoms with Gasteiger partial charge in [0.1, 0.15) is 11.7 Å². The second-order valence-corrected chi connectivity index (χ2v) is 4.98. The summed E-state index contributed by atoms with van der Waals surface area (Å²) in [5.74, 6) is -0.367. The van der Waals surface area contributed by atoms with Crippen LogP contribution in [-0.4, -0.2) is 23.5 Å². The van der Waals surface area contributed by atoms with E-state index >= 15 is 0 Å². The highest BCUT2D eigenvalue weighted by Crippen LogP contribution is 2.28. The Balaban J connectivity index is 1.77. The van der Waals surface area contributed by atoms with Crippen molar-refractivity contribution in [1.29, 1.82) is 0 Å². The average molecular weight is 284 g/mol. The van der Waals surface area contributed by atoms with Crippen LogP contribution >= 0.6 is 0 Å². The van der Waals surface area contributed by atoms with Crippen LogP contribution in [0, 0.1) is 0 Å². The second kappa shape index (κ2) is 5.93. The fourth-order valence-electron chi connectivity index (χ4n) is 2.56. The minimum absolute atomic E-state index is 0.121. The Labute approximate surface area is 122 Å². The molecule has 1 saturated heterocycles. The van der Waals surface area contributed by atoms with Gasteiger partial charge in [-0.3, -0.25) is 9.59 Å². The van der Waals surface area contributed by atoms with E-state index in [9.17, 15) is 9.59 Å². The molecule has 21 heavy (non-hydrogen) atoms. The highest BCUT2D eigenvalue weighted by molar-refractivity contribution is 5.94. The molecule has 0 spiro atoms. The number of rotatable bonds is 3. The third kappa shape index (κ3) is 2.87. The van der Waals surface area contributed by atoms with Crippen LogP contribution < -0.4 is 10.9 Å². The normalized spacial score (nSPS) is 21.1. The van der Waals surface area contributed by atoms with Gasteiger partial charge in [0.2, 0.25) is 0 Å². The fourth-order valence-corrected chi connectivity index (χ4v) is 2.56. The molecule has 2 heterocycles. The minimum atomic E-state index is -0.384. The molecular weight excluding hydrogens is 268 g/mol. The Morgan fingerprint density at radius 2 is 2.00 bits per heavy atom. The zero-order chi connectivity index (χ0) is 14.7. The molecule has 108 valence electrons. The topological polar surface area (TPSA) is 71.2 Å². The van der Waals surface area contributed by atoms with Crippen molar-refractivity contribution < 1.29 is 9.53 Å². The molecule has 1 fully saturated rings. The first-order chi connectivity index (χ1) is 10.3. The molecule has 1 aromatic heterocycles. The maximum absolute atomic E-state index is 12.2. The van der Waals surface area contributed by atoms with Gasteiger partial charge in [-0.05, 0) is 24.1 Å². The van der Waals surface area contributed by atoms with Gasteiger partial charge in [0.25, 0.3) is 11.5 Å². The van der Waals surface area contributed by atoms with E-state index in [-0.39, 0.29) is 29.2 Å².